The molecule has 0 radical (unpaired) electrons. The first kappa shape index (κ1) is 16.4. The first-order valence-electron chi connectivity index (χ1n) is 8.26. The van der Waals surface area contributed by atoms with E-state index in [0.29, 0.717) is 11.4 Å². The lowest BCUT2D eigenvalue weighted by molar-refractivity contribution is 0.0938. The maximum Gasteiger partial charge on any atom is 0.251 e. The fraction of sp³-hybridized carbons (Fsp3) is 0.471. The Bertz CT molecular complexity index is 687. The lowest BCUT2D eigenvalue weighted by Gasteiger charge is -2.34. The molecule has 128 valence electrons. The van der Waals surface area contributed by atoms with Gasteiger partial charge >= 0.3 is 0 Å². The quantitative estimate of drug-likeness (QED) is 0.886. The Morgan fingerprint density at radius 3 is 2.46 bits per heavy atom. The van der Waals surface area contributed by atoms with Crippen molar-refractivity contribution in [1.82, 2.24) is 25.4 Å². The number of amides is 1. The molecule has 1 aromatic heterocycles. The molecule has 1 atom stereocenters. The van der Waals surface area contributed by atoms with E-state index >= 15 is 0 Å². The molecule has 1 aliphatic rings. The summed E-state index contributed by atoms with van der Waals surface area (Å²) < 4.78 is 0. The number of aromatic nitrogens is 3. The Labute approximate surface area is 142 Å². The second-order valence-electron chi connectivity index (χ2n) is 6.31. The number of nitrogens with one attached hydrogen (secondary N) is 2. The summed E-state index contributed by atoms with van der Waals surface area (Å²) in [5.74, 6) is 1.22. The summed E-state index contributed by atoms with van der Waals surface area (Å²) in [5.41, 5.74) is 1.81. The first-order chi connectivity index (χ1) is 11.5. The van der Waals surface area contributed by atoms with E-state index in [2.05, 4.69) is 37.3 Å². The van der Waals surface area contributed by atoms with Crippen molar-refractivity contribution in [1.29, 1.82) is 0 Å². The fourth-order valence-corrected chi connectivity index (χ4v) is 2.79. The van der Waals surface area contributed by atoms with Gasteiger partial charge in [-0.3, -0.25) is 9.89 Å². The van der Waals surface area contributed by atoms with Crippen LogP contribution in [-0.2, 0) is 0 Å². The number of aryl methyl sites for hydroxylation is 1. The van der Waals surface area contributed by atoms with Gasteiger partial charge in [-0.1, -0.05) is 0 Å². The molecule has 0 saturated carbocycles. The third-order valence-corrected chi connectivity index (χ3v) is 4.35. The van der Waals surface area contributed by atoms with Gasteiger partial charge in [0.15, 0.2) is 5.82 Å². The average molecular weight is 328 g/mol. The number of carbonyl (C=O) groups excluding carboxylic acids is 1. The van der Waals surface area contributed by atoms with Gasteiger partial charge in [0, 0.05) is 37.4 Å². The van der Waals surface area contributed by atoms with Crippen LogP contribution in [0.25, 0.3) is 0 Å². The number of aromatic amines is 1. The van der Waals surface area contributed by atoms with Crippen molar-refractivity contribution in [2.75, 3.05) is 38.1 Å². The fourth-order valence-electron chi connectivity index (χ4n) is 2.79. The van der Waals surface area contributed by atoms with Gasteiger partial charge in [0.05, 0.1) is 6.04 Å². The maximum atomic E-state index is 12.4. The van der Waals surface area contributed by atoms with Gasteiger partial charge in [0.25, 0.3) is 5.91 Å². The van der Waals surface area contributed by atoms with E-state index in [4.69, 9.17) is 0 Å². The highest BCUT2D eigenvalue weighted by Crippen LogP contribution is 2.17. The summed E-state index contributed by atoms with van der Waals surface area (Å²) in [7, 11) is 2.14. The van der Waals surface area contributed by atoms with Gasteiger partial charge in [0.2, 0.25) is 0 Å². The third-order valence-electron chi connectivity index (χ3n) is 4.35. The van der Waals surface area contributed by atoms with Crippen molar-refractivity contribution < 1.29 is 4.79 Å². The highest BCUT2D eigenvalue weighted by molar-refractivity contribution is 5.94. The molecule has 1 amide bonds. The zero-order valence-electron chi connectivity index (χ0n) is 14.4. The Morgan fingerprint density at radius 2 is 1.88 bits per heavy atom. The summed E-state index contributed by atoms with van der Waals surface area (Å²) in [6, 6.07) is 7.54. The summed E-state index contributed by atoms with van der Waals surface area (Å²) in [6.45, 7) is 7.87. The molecule has 7 nitrogen and oxygen atoms in total. The van der Waals surface area contributed by atoms with Gasteiger partial charge in [-0.2, -0.15) is 5.10 Å². The molecule has 0 bridgehead atoms. The van der Waals surface area contributed by atoms with Crippen molar-refractivity contribution in [2.45, 2.75) is 19.9 Å². The molecule has 1 saturated heterocycles. The number of H-pyrrole nitrogens is 1. The van der Waals surface area contributed by atoms with Crippen molar-refractivity contribution in [3.8, 4) is 0 Å². The largest absolute Gasteiger partial charge is 0.369 e. The highest BCUT2D eigenvalue weighted by Gasteiger charge is 2.17. The maximum absolute atomic E-state index is 12.4. The number of nitrogens with zero attached hydrogens (tertiary/aromatic N) is 4. The van der Waals surface area contributed by atoms with E-state index in [0.717, 1.165) is 37.7 Å². The van der Waals surface area contributed by atoms with E-state index in [1.807, 2.05) is 38.1 Å². The number of piperazine rings is 1. The van der Waals surface area contributed by atoms with E-state index in [1.54, 1.807) is 0 Å². The van der Waals surface area contributed by atoms with Crippen molar-refractivity contribution in [3.63, 3.8) is 0 Å². The highest BCUT2D eigenvalue weighted by atomic mass is 16.1. The van der Waals surface area contributed by atoms with Gasteiger partial charge in [0.1, 0.15) is 5.82 Å². The number of benzene rings is 1. The minimum atomic E-state index is -0.236. The third kappa shape index (κ3) is 3.73. The first-order valence-corrected chi connectivity index (χ1v) is 8.26. The van der Waals surface area contributed by atoms with E-state index in [-0.39, 0.29) is 11.9 Å². The van der Waals surface area contributed by atoms with Crippen LogP contribution in [0.4, 0.5) is 5.69 Å². The number of hydrogen-bond acceptors (Lipinski definition) is 5. The molecule has 0 unspecified atom stereocenters. The molecule has 1 aromatic carbocycles. The number of hydrogen-bond donors (Lipinski definition) is 2. The van der Waals surface area contributed by atoms with Gasteiger partial charge in [-0.05, 0) is 45.2 Å². The van der Waals surface area contributed by atoms with Crippen LogP contribution in [0, 0.1) is 6.92 Å². The molecule has 3 rings (SSSR count). The number of carbonyl (C=O) groups is 1. The zero-order chi connectivity index (χ0) is 17.1. The van der Waals surface area contributed by atoms with Crippen LogP contribution >= 0.6 is 0 Å². The van der Waals surface area contributed by atoms with Crippen LogP contribution in [0.2, 0.25) is 0 Å². The standard InChI is InChI=1S/C17H24N6O/c1-12(16-19-13(2)20-21-16)18-17(24)14-4-6-15(7-5-14)23-10-8-22(3)9-11-23/h4-7,12H,8-11H2,1-3H3,(H,18,24)(H,19,20,21)/t12-/m0/s1. The van der Waals surface area contributed by atoms with Crippen molar-refractivity contribution in [3.05, 3.63) is 41.5 Å². The molecule has 1 fully saturated rings. The van der Waals surface area contributed by atoms with Crippen molar-refractivity contribution in [2.24, 2.45) is 0 Å². The Balaban J connectivity index is 1.61. The molecule has 7 heteroatoms. The Morgan fingerprint density at radius 1 is 1.21 bits per heavy atom. The normalized spacial score (nSPS) is 16.9. The Hall–Kier alpha value is -2.41. The van der Waals surface area contributed by atoms with Gasteiger partial charge in [-0.25, -0.2) is 4.98 Å². The summed E-state index contributed by atoms with van der Waals surface area (Å²) >= 11 is 0. The predicted molar refractivity (Wildman–Crippen MR) is 93.2 cm³/mol. The lowest BCUT2D eigenvalue weighted by atomic mass is 10.1. The van der Waals surface area contributed by atoms with Crippen LogP contribution < -0.4 is 10.2 Å². The Kier molecular flexibility index (Phi) is 4.80. The second-order valence-corrected chi connectivity index (χ2v) is 6.31. The van der Waals surface area contributed by atoms with Crippen LogP contribution in [0.5, 0.6) is 0 Å². The van der Waals surface area contributed by atoms with E-state index < -0.39 is 0 Å². The van der Waals surface area contributed by atoms with Crippen LogP contribution in [-0.4, -0.2) is 59.2 Å². The lowest BCUT2D eigenvalue weighted by Crippen LogP contribution is -2.44. The molecule has 2 aromatic rings. The minimum Gasteiger partial charge on any atom is -0.369 e. The van der Waals surface area contributed by atoms with Crippen molar-refractivity contribution >= 4 is 11.6 Å². The summed E-state index contributed by atoms with van der Waals surface area (Å²) in [5, 5.41) is 9.80. The van der Waals surface area contributed by atoms with E-state index in [9.17, 15) is 4.79 Å². The predicted octanol–water partition coefficient (Wildman–Crippen LogP) is 1.36. The topological polar surface area (TPSA) is 77.2 Å². The zero-order valence-corrected chi connectivity index (χ0v) is 14.4. The van der Waals surface area contributed by atoms with Crippen LogP contribution in [0.15, 0.2) is 24.3 Å². The monoisotopic (exact) mass is 328 g/mol. The molecule has 0 aliphatic carbocycles. The van der Waals surface area contributed by atoms with Crippen LogP contribution in [0.3, 0.4) is 0 Å². The number of likely N-dealkylation sites (N-methyl/N-ethyl adjacent to an activating group) is 1. The average Bonchev–Trinajstić information content (AvgIpc) is 3.02. The van der Waals surface area contributed by atoms with E-state index in [1.165, 1.54) is 0 Å². The SMILES string of the molecule is Cc1nc([C@H](C)NC(=O)c2ccc(N3CCN(C)CC3)cc2)n[nH]1. The molecular weight excluding hydrogens is 304 g/mol. The molecule has 2 N–H and O–H groups in total. The molecular formula is C17H24N6O. The number of anilines is 1. The van der Waals surface area contributed by atoms with Crippen LogP contribution in [0.1, 0.15) is 35.0 Å². The smallest absolute Gasteiger partial charge is 0.251 e. The summed E-state index contributed by atoms with van der Waals surface area (Å²) in [4.78, 5) is 21.3. The number of rotatable bonds is 4. The molecule has 2 heterocycles. The molecule has 1 aliphatic heterocycles. The van der Waals surface area contributed by atoms with Gasteiger partial charge < -0.3 is 15.1 Å². The summed E-state index contributed by atoms with van der Waals surface area (Å²) in [6.07, 6.45) is 0. The van der Waals surface area contributed by atoms with Gasteiger partial charge in [-0.15, -0.1) is 0 Å². The molecule has 0 spiro atoms. The second kappa shape index (κ2) is 7.00. The molecule has 24 heavy (non-hydrogen) atoms. The minimum absolute atomic E-state index is 0.116.